The van der Waals surface area contributed by atoms with Crippen molar-refractivity contribution in [1.29, 1.82) is 0 Å². The molecule has 2 heterocycles. The molecular weight excluding hydrogens is 298 g/mol. The molecule has 2 aliphatic rings. The zero-order valence-electron chi connectivity index (χ0n) is 15.0. The molecule has 2 aliphatic heterocycles. The number of carbonyl (C=O) groups excluding carboxylic acids is 1. The first-order valence-electron chi connectivity index (χ1n) is 9.56. The van der Waals surface area contributed by atoms with E-state index < -0.39 is 0 Å². The van der Waals surface area contributed by atoms with Crippen LogP contribution >= 0.6 is 0 Å². The fraction of sp³-hybridized carbons (Fsp3) is 0.650. The van der Waals surface area contributed by atoms with Crippen molar-refractivity contribution in [1.82, 2.24) is 9.80 Å². The van der Waals surface area contributed by atoms with Gasteiger partial charge in [-0.3, -0.25) is 0 Å². The van der Waals surface area contributed by atoms with E-state index in [-0.39, 0.29) is 6.03 Å². The van der Waals surface area contributed by atoms with E-state index in [1.807, 2.05) is 36.1 Å². The number of urea groups is 1. The Morgan fingerprint density at radius 1 is 1.04 bits per heavy atom. The van der Waals surface area contributed by atoms with Gasteiger partial charge in [0, 0.05) is 25.3 Å². The summed E-state index contributed by atoms with van der Waals surface area (Å²) >= 11 is 0. The molecule has 0 atom stereocenters. The number of amides is 2. The molecule has 0 aromatic heterocycles. The molecule has 2 fully saturated rings. The summed E-state index contributed by atoms with van der Waals surface area (Å²) in [5.41, 5.74) is 2.04. The van der Waals surface area contributed by atoms with Gasteiger partial charge in [-0.25, -0.2) is 4.79 Å². The summed E-state index contributed by atoms with van der Waals surface area (Å²) in [7, 11) is 0. The largest absolute Gasteiger partial charge is 0.325 e. The van der Waals surface area contributed by atoms with Crippen LogP contribution in [0.25, 0.3) is 0 Å². The number of piperidine rings is 1. The first kappa shape index (κ1) is 17.3. The third-order valence-electron chi connectivity index (χ3n) is 5.50. The number of nitrogens with zero attached hydrogens (tertiary/aromatic N) is 2. The summed E-state index contributed by atoms with van der Waals surface area (Å²) < 4.78 is 0. The fourth-order valence-electron chi connectivity index (χ4n) is 3.91. The van der Waals surface area contributed by atoms with E-state index in [1.54, 1.807) is 0 Å². The fourth-order valence-corrected chi connectivity index (χ4v) is 3.91. The highest BCUT2D eigenvalue weighted by atomic mass is 16.2. The molecule has 24 heavy (non-hydrogen) atoms. The topological polar surface area (TPSA) is 35.6 Å². The van der Waals surface area contributed by atoms with Crippen molar-refractivity contribution in [3.05, 3.63) is 29.8 Å². The summed E-state index contributed by atoms with van der Waals surface area (Å²) in [5, 5.41) is 3.06. The molecule has 1 N–H and O–H groups in total. The Balaban J connectivity index is 1.44. The number of carbonyl (C=O) groups is 1. The van der Waals surface area contributed by atoms with Crippen LogP contribution < -0.4 is 5.32 Å². The molecule has 2 saturated heterocycles. The smallest absolute Gasteiger partial charge is 0.321 e. The van der Waals surface area contributed by atoms with E-state index in [0.717, 1.165) is 43.1 Å². The van der Waals surface area contributed by atoms with Crippen LogP contribution in [0.2, 0.25) is 0 Å². The van der Waals surface area contributed by atoms with Crippen molar-refractivity contribution in [2.45, 2.75) is 45.4 Å². The lowest BCUT2D eigenvalue weighted by atomic mass is 9.96. The number of anilines is 1. The molecule has 1 aromatic carbocycles. The lowest BCUT2D eigenvalue weighted by molar-refractivity contribution is 0.155. The summed E-state index contributed by atoms with van der Waals surface area (Å²) in [5.74, 6) is 0.755. The molecule has 2 amide bonds. The van der Waals surface area contributed by atoms with E-state index in [2.05, 4.69) is 10.2 Å². The number of aryl methyl sites for hydroxylation is 1. The third kappa shape index (κ3) is 4.73. The normalized spacial score (nSPS) is 20.6. The minimum absolute atomic E-state index is 0.0533. The van der Waals surface area contributed by atoms with Crippen molar-refractivity contribution in [2.24, 2.45) is 5.92 Å². The van der Waals surface area contributed by atoms with Gasteiger partial charge >= 0.3 is 6.03 Å². The Hall–Kier alpha value is -1.55. The van der Waals surface area contributed by atoms with Gasteiger partial charge in [0.15, 0.2) is 0 Å². The maximum Gasteiger partial charge on any atom is 0.321 e. The maximum atomic E-state index is 12.5. The van der Waals surface area contributed by atoms with Crippen molar-refractivity contribution in [2.75, 3.05) is 38.0 Å². The number of rotatable bonds is 3. The zero-order valence-corrected chi connectivity index (χ0v) is 15.0. The predicted molar refractivity (Wildman–Crippen MR) is 99.4 cm³/mol. The minimum atomic E-state index is 0.0533. The van der Waals surface area contributed by atoms with Crippen LogP contribution in [0.3, 0.4) is 0 Å². The van der Waals surface area contributed by atoms with Gasteiger partial charge < -0.3 is 15.1 Å². The molecule has 0 radical (unpaired) electrons. The van der Waals surface area contributed by atoms with Crippen molar-refractivity contribution >= 4 is 11.7 Å². The summed E-state index contributed by atoms with van der Waals surface area (Å²) in [6.45, 7) is 7.57. The number of hydrogen-bond acceptors (Lipinski definition) is 2. The van der Waals surface area contributed by atoms with Crippen LogP contribution in [0.15, 0.2) is 24.3 Å². The van der Waals surface area contributed by atoms with Gasteiger partial charge in [-0.05, 0) is 63.2 Å². The number of nitrogens with one attached hydrogen (secondary N) is 1. The SMILES string of the molecule is Cc1ccccc1NC(=O)N1CCC(CN2CCCCCC2)CC1. The number of likely N-dealkylation sites (tertiary alicyclic amines) is 2. The van der Waals surface area contributed by atoms with E-state index in [9.17, 15) is 4.79 Å². The average Bonchev–Trinajstić information content (AvgIpc) is 2.86. The molecule has 0 saturated carbocycles. The van der Waals surface area contributed by atoms with Crippen molar-refractivity contribution in [3.8, 4) is 0 Å². The molecule has 1 aromatic rings. The molecule has 0 bridgehead atoms. The van der Waals surface area contributed by atoms with Crippen molar-refractivity contribution < 1.29 is 4.79 Å². The molecule has 0 aliphatic carbocycles. The predicted octanol–water partition coefficient (Wildman–Crippen LogP) is 4.11. The second-order valence-electron chi connectivity index (χ2n) is 7.39. The molecule has 132 valence electrons. The lowest BCUT2D eigenvalue weighted by Crippen LogP contribution is -2.43. The Kier molecular flexibility index (Phi) is 6.13. The first-order valence-corrected chi connectivity index (χ1v) is 9.56. The average molecular weight is 329 g/mol. The summed E-state index contributed by atoms with van der Waals surface area (Å²) in [6, 6.07) is 8.02. The second kappa shape index (κ2) is 8.52. The van der Waals surface area contributed by atoms with Crippen LogP contribution in [0.5, 0.6) is 0 Å². The first-order chi connectivity index (χ1) is 11.7. The number of para-hydroxylation sites is 1. The van der Waals surface area contributed by atoms with Crippen LogP contribution in [0.4, 0.5) is 10.5 Å². The van der Waals surface area contributed by atoms with Gasteiger partial charge in [-0.1, -0.05) is 31.0 Å². The maximum absolute atomic E-state index is 12.5. The molecular formula is C20H31N3O. The summed E-state index contributed by atoms with van der Waals surface area (Å²) in [4.78, 5) is 17.1. The molecule has 0 unspecified atom stereocenters. The highest BCUT2D eigenvalue weighted by Crippen LogP contribution is 2.21. The number of hydrogen-bond donors (Lipinski definition) is 1. The third-order valence-corrected chi connectivity index (χ3v) is 5.50. The standard InChI is InChI=1S/C20H31N3O/c1-17-8-4-5-9-19(17)21-20(24)23-14-10-18(11-15-23)16-22-12-6-2-3-7-13-22/h4-5,8-9,18H,2-3,6-7,10-16H2,1H3,(H,21,24). The molecule has 0 spiro atoms. The molecule has 4 nitrogen and oxygen atoms in total. The van der Waals surface area contributed by atoms with Crippen molar-refractivity contribution in [3.63, 3.8) is 0 Å². The van der Waals surface area contributed by atoms with Crippen LogP contribution in [0.1, 0.15) is 44.1 Å². The van der Waals surface area contributed by atoms with Gasteiger partial charge in [0.25, 0.3) is 0 Å². The van der Waals surface area contributed by atoms with Gasteiger partial charge in [-0.2, -0.15) is 0 Å². The van der Waals surface area contributed by atoms with Gasteiger partial charge in [0.2, 0.25) is 0 Å². The van der Waals surface area contributed by atoms with Gasteiger partial charge in [-0.15, -0.1) is 0 Å². The molecule has 3 rings (SSSR count). The van der Waals surface area contributed by atoms with Gasteiger partial charge in [0.1, 0.15) is 0 Å². The monoisotopic (exact) mass is 329 g/mol. The van der Waals surface area contributed by atoms with Crippen LogP contribution in [-0.2, 0) is 0 Å². The molecule has 4 heteroatoms. The van der Waals surface area contributed by atoms with E-state index in [1.165, 1.54) is 45.3 Å². The van der Waals surface area contributed by atoms with Gasteiger partial charge in [0.05, 0.1) is 0 Å². The minimum Gasteiger partial charge on any atom is -0.325 e. The quantitative estimate of drug-likeness (QED) is 0.905. The lowest BCUT2D eigenvalue weighted by Gasteiger charge is -2.34. The highest BCUT2D eigenvalue weighted by molar-refractivity contribution is 5.90. The summed E-state index contributed by atoms with van der Waals surface area (Å²) in [6.07, 6.45) is 7.78. The number of benzene rings is 1. The van der Waals surface area contributed by atoms with E-state index >= 15 is 0 Å². The highest BCUT2D eigenvalue weighted by Gasteiger charge is 2.24. The Bertz CT molecular complexity index is 529. The van der Waals surface area contributed by atoms with Crippen LogP contribution in [-0.4, -0.2) is 48.6 Å². The second-order valence-corrected chi connectivity index (χ2v) is 7.39. The van der Waals surface area contributed by atoms with Crippen LogP contribution in [0, 0.1) is 12.8 Å². The Morgan fingerprint density at radius 2 is 1.71 bits per heavy atom. The zero-order chi connectivity index (χ0) is 16.8. The van der Waals surface area contributed by atoms with E-state index in [4.69, 9.17) is 0 Å². The van der Waals surface area contributed by atoms with E-state index in [0.29, 0.717) is 0 Å². The Labute approximate surface area is 146 Å². The Morgan fingerprint density at radius 3 is 2.38 bits per heavy atom.